The SMILES string of the molecule is CC(C)(C)OC(=O)N[C@H]1CCN(Cc2ccc(F)cc2C#N)C1. The molecule has 0 aliphatic carbocycles. The smallest absolute Gasteiger partial charge is 0.407 e. The Bertz CT molecular complexity index is 619. The van der Waals surface area contributed by atoms with Crippen molar-refractivity contribution in [3.8, 4) is 6.07 Å². The van der Waals surface area contributed by atoms with E-state index in [9.17, 15) is 9.18 Å². The van der Waals surface area contributed by atoms with Crippen molar-refractivity contribution in [2.75, 3.05) is 13.1 Å². The van der Waals surface area contributed by atoms with E-state index in [1.165, 1.54) is 12.1 Å². The minimum atomic E-state index is -0.516. The first-order valence-corrected chi connectivity index (χ1v) is 7.67. The van der Waals surface area contributed by atoms with E-state index in [1.54, 1.807) is 6.07 Å². The first-order chi connectivity index (χ1) is 10.8. The Morgan fingerprint density at radius 1 is 1.52 bits per heavy atom. The summed E-state index contributed by atoms with van der Waals surface area (Å²) in [7, 11) is 0. The maximum atomic E-state index is 13.2. The number of ether oxygens (including phenoxy) is 1. The molecule has 1 aromatic rings. The van der Waals surface area contributed by atoms with Gasteiger partial charge in [-0.2, -0.15) is 5.26 Å². The third kappa shape index (κ3) is 5.22. The molecule has 1 aromatic carbocycles. The van der Waals surface area contributed by atoms with Gasteiger partial charge in [0.1, 0.15) is 11.4 Å². The van der Waals surface area contributed by atoms with Crippen molar-refractivity contribution in [1.82, 2.24) is 10.2 Å². The fraction of sp³-hybridized carbons (Fsp3) is 0.529. The van der Waals surface area contributed by atoms with Crippen molar-refractivity contribution in [1.29, 1.82) is 5.26 Å². The fourth-order valence-electron chi connectivity index (χ4n) is 2.60. The van der Waals surface area contributed by atoms with E-state index in [1.807, 2.05) is 26.8 Å². The highest BCUT2D eigenvalue weighted by Crippen LogP contribution is 2.17. The van der Waals surface area contributed by atoms with Crippen molar-refractivity contribution < 1.29 is 13.9 Å². The van der Waals surface area contributed by atoms with E-state index in [0.717, 1.165) is 18.5 Å². The normalized spacial score (nSPS) is 18.5. The van der Waals surface area contributed by atoms with E-state index in [4.69, 9.17) is 10.00 Å². The number of nitriles is 1. The van der Waals surface area contributed by atoms with Gasteiger partial charge in [0.25, 0.3) is 0 Å². The van der Waals surface area contributed by atoms with E-state index in [2.05, 4.69) is 10.2 Å². The average molecular weight is 319 g/mol. The minimum Gasteiger partial charge on any atom is -0.444 e. The number of halogens is 1. The molecule has 23 heavy (non-hydrogen) atoms. The van der Waals surface area contributed by atoms with Crippen LogP contribution in [0.25, 0.3) is 0 Å². The highest BCUT2D eigenvalue weighted by Gasteiger charge is 2.26. The molecule has 1 fully saturated rings. The molecule has 124 valence electrons. The second kappa shape index (κ2) is 6.97. The molecule has 1 heterocycles. The summed E-state index contributed by atoms with van der Waals surface area (Å²) in [6.45, 7) is 7.53. The number of amides is 1. The summed E-state index contributed by atoms with van der Waals surface area (Å²) in [4.78, 5) is 13.9. The van der Waals surface area contributed by atoms with Crippen LogP contribution in [0.3, 0.4) is 0 Å². The van der Waals surface area contributed by atoms with Crippen LogP contribution in [-0.2, 0) is 11.3 Å². The number of carbonyl (C=O) groups excluding carboxylic acids is 1. The zero-order valence-electron chi connectivity index (χ0n) is 13.7. The number of rotatable bonds is 3. The van der Waals surface area contributed by atoms with Gasteiger partial charge in [0.05, 0.1) is 11.6 Å². The molecule has 1 aliphatic rings. The predicted molar refractivity (Wildman–Crippen MR) is 84.2 cm³/mol. The molecule has 0 spiro atoms. The van der Waals surface area contributed by atoms with Crippen LogP contribution in [0.4, 0.5) is 9.18 Å². The molecule has 1 amide bonds. The predicted octanol–water partition coefficient (Wildman–Crippen LogP) is 2.80. The second-order valence-electron chi connectivity index (χ2n) is 6.78. The van der Waals surface area contributed by atoms with Gasteiger partial charge in [-0.05, 0) is 44.9 Å². The summed E-state index contributed by atoms with van der Waals surface area (Å²) >= 11 is 0. The van der Waals surface area contributed by atoms with Crippen LogP contribution >= 0.6 is 0 Å². The Kier molecular flexibility index (Phi) is 5.22. The summed E-state index contributed by atoms with van der Waals surface area (Å²) in [5.74, 6) is -0.406. The molecule has 2 rings (SSSR count). The molecule has 1 N–H and O–H groups in total. The maximum Gasteiger partial charge on any atom is 0.407 e. The van der Waals surface area contributed by atoms with E-state index in [-0.39, 0.29) is 6.04 Å². The van der Waals surface area contributed by atoms with Crippen LogP contribution in [0.5, 0.6) is 0 Å². The largest absolute Gasteiger partial charge is 0.444 e. The average Bonchev–Trinajstić information content (AvgIpc) is 2.85. The quantitative estimate of drug-likeness (QED) is 0.930. The fourth-order valence-corrected chi connectivity index (χ4v) is 2.60. The van der Waals surface area contributed by atoms with Gasteiger partial charge in [-0.25, -0.2) is 9.18 Å². The Labute approximate surface area is 136 Å². The van der Waals surface area contributed by atoms with Gasteiger partial charge in [-0.15, -0.1) is 0 Å². The summed E-state index contributed by atoms with van der Waals surface area (Å²) in [5.41, 5.74) is 0.637. The van der Waals surface area contributed by atoms with Gasteiger partial charge >= 0.3 is 6.09 Å². The lowest BCUT2D eigenvalue weighted by Gasteiger charge is -2.22. The molecule has 1 atom stereocenters. The van der Waals surface area contributed by atoms with E-state index >= 15 is 0 Å². The molecule has 6 heteroatoms. The third-order valence-electron chi connectivity index (χ3n) is 3.58. The first-order valence-electron chi connectivity index (χ1n) is 7.67. The number of hydrogen-bond donors (Lipinski definition) is 1. The highest BCUT2D eigenvalue weighted by atomic mass is 19.1. The van der Waals surface area contributed by atoms with Crippen molar-refractivity contribution in [2.45, 2.75) is 45.4 Å². The number of benzene rings is 1. The van der Waals surface area contributed by atoms with Crippen LogP contribution < -0.4 is 5.32 Å². The molecule has 1 aliphatic heterocycles. The van der Waals surface area contributed by atoms with Crippen molar-refractivity contribution in [2.24, 2.45) is 0 Å². The molecule has 0 bridgehead atoms. The Balaban J connectivity index is 1.89. The Morgan fingerprint density at radius 3 is 2.91 bits per heavy atom. The van der Waals surface area contributed by atoms with Crippen LogP contribution in [0.1, 0.15) is 38.3 Å². The maximum absolute atomic E-state index is 13.2. The topological polar surface area (TPSA) is 65.4 Å². The zero-order chi connectivity index (χ0) is 17.0. The number of hydrogen-bond acceptors (Lipinski definition) is 4. The lowest BCUT2D eigenvalue weighted by atomic mass is 10.1. The van der Waals surface area contributed by atoms with Crippen LogP contribution in [0, 0.1) is 17.1 Å². The Morgan fingerprint density at radius 2 is 2.26 bits per heavy atom. The highest BCUT2D eigenvalue weighted by molar-refractivity contribution is 5.68. The van der Waals surface area contributed by atoms with Crippen LogP contribution in [-0.4, -0.2) is 35.7 Å². The number of nitrogens with one attached hydrogen (secondary N) is 1. The molecular formula is C17H22FN3O2. The molecule has 0 aromatic heterocycles. The van der Waals surface area contributed by atoms with Gasteiger partial charge in [0.2, 0.25) is 0 Å². The van der Waals surface area contributed by atoms with Crippen molar-refractivity contribution in [3.63, 3.8) is 0 Å². The lowest BCUT2D eigenvalue weighted by molar-refractivity contribution is 0.0505. The number of carbonyl (C=O) groups is 1. The summed E-state index contributed by atoms with van der Waals surface area (Å²) in [6.07, 6.45) is 0.409. The number of likely N-dealkylation sites (tertiary alicyclic amines) is 1. The van der Waals surface area contributed by atoms with Crippen molar-refractivity contribution in [3.05, 3.63) is 35.1 Å². The van der Waals surface area contributed by atoms with Crippen molar-refractivity contribution >= 4 is 6.09 Å². The summed E-state index contributed by atoms with van der Waals surface area (Å²) in [6, 6.07) is 6.30. The molecule has 0 radical (unpaired) electrons. The molecule has 1 saturated heterocycles. The first kappa shape index (κ1) is 17.2. The monoisotopic (exact) mass is 319 g/mol. The zero-order valence-corrected chi connectivity index (χ0v) is 13.7. The third-order valence-corrected chi connectivity index (χ3v) is 3.58. The van der Waals surface area contributed by atoms with Gasteiger partial charge in [0.15, 0.2) is 0 Å². The summed E-state index contributed by atoms with van der Waals surface area (Å²) < 4.78 is 18.4. The standard InChI is InChI=1S/C17H22FN3O2/c1-17(2,3)23-16(22)20-15-6-7-21(11-15)10-12-4-5-14(18)8-13(12)9-19/h4-5,8,15H,6-7,10-11H2,1-3H3,(H,20,22)/t15-/m0/s1. The molecule has 5 nitrogen and oxygen atoms in total. The van der Waals surface area contributed by atoms with Crippen LogP contribution in [0.15, 0.2) is 18.2 Å². The van der Waals surface area contributed by atoms with Gasteiger partial charge < -0.3 is 10.1 Å². The Hall–Kier alpha value is -2.13. The molecular weight excluding hydrogens is 297 g/mol. The van der Waals surface area contributed by atoms with Gasteiger partial charge in [-0.3, -0.25) is 4.90 Å². The minimum absolute atomic E-state index is 0.0239. The second-order valence-corrected chi connectivity index (χ2v) is 6.78. The van der Waals surface area contributed by atoms with E-state index < -0.39 is 17.5 Å². The summed E-state index contributed by atoms with van der Waals surface area (Å²) in [5, 5.41) is 11.9. The van der Waals surface area contributed by atoms with Gasteiger partial charge in [-0.1, -0.05) is 6.07 Å². The van der Waals surface area contributed by atoms with E-state index in [0.29, 0.717) is 18.7 Å². The molecule has 0 unspecified atom stereocenters. The van der Waals surface area contributed by atoms with Crippen LogP contribution in [0.2, 0.25) is 0 Å². The molecule has 0 saturated carbocycles. The van der Waals surface area contributed by atoms with Gasteiger partial charge in [0, 0.05) is 25.7 Å². The number of alkyl carbamates (subject to hydrolysis) is 1. The lowest BCUT2D eigenvalue weighted by Crippen LogP contribution is -2.40. The number of nitrogens with zero attached hydrogens (tertiary/aromatic N) is 2.